The highest BCUT2D eigenvalue weighted by Gasteiger charge is 2.19. The third kappa shape index (κ3) is 3.19. The van der Waals surface area contributed by atoms with Gasteiger partial charge < -0.3 is 5.73 Å². The Hall–Kier alpha value is -2.41. The molecule has 1 amide bonds. The number of amides is 1. The summed E-state index contributed by atoms with van der Waals surface area (Å²) in [5, 5.41) is 0. The highest BCUT2D eigenvalue weighted by atomic mass is 32.2. The molecule has 21 heavy (non-hydrogen) atoms. The second-order valence-corrected chi connectivity index (χ2v) is 6.08. The summed E-state index contributed by atoms with van der Waals surface area (Å²) in [5.41, 5.74) is 5.31. The van der Waals surface area contributed by atoms with E-state index in [1.165, 1.54) is 12.1 Å². The Kier molecular flexibility index (Phi) is 3.95. The van der Waals surface area contributed by atoms with Crippen molar-refractivity contribution in [2.45, 2.75) is 11.8 Å². The predicted molar refractivity (Wildman–Crippen MR) is 76.9 cm³/mol. The number of hydrogen-bond donors (Lipinski definition) is 2. The lowest BCUT2D eigenvalue weighted by atomic mass is 10.2. The molecule has 0 bridgehead atoms. The minimum absolute atomic E-state index is 0.0129. The summed E-state index contributed by atoms with van der Waals surface area (Å²) in [4.78, 5) is 11.1. The van der Waals surface area contributed by atoms with E-state index in [9.17, 15) is 17.6 Å². The van der Waals surface area contributed by atoms with E-state index in [-0.39, 0.29) is 16.1 Å². The van der Waals surface area contributed by atoms with Crippen molar-refractivity contribution in [1.29, 1.82) is 0 Å². The number of hydrogen-bond acceptors (Lipinski definition) is 3. The first-order valence-corrected chi connectivity index (χ1v) is 7.47. The minimum Gasteiger partial charge on any atom is -0.366 e. The Morgan fingerprint density at radius 3 is 2.48 bits per heavy atom. The monoisotopic (exact) mass is 308 g/mol. The Balaban J connectivity index is 2.44. The number of sulfonamides is 1. The molecule has 0 aliphatic heterocycles. The van der Waals surface area contributed by atoms with Crippen molar-refractivity contribution in [2.75, 3.05) is 4.72 Å². The third-order valence-electron chi connectivity index (χ3n) is 2.88. The highest BCUT2D eigenvalue weighted by molar-refractivity contribution is 7.92. The zero-order valence-electron chi connectivity index (χ0n) is 11.1. The average molecular weight is 308 g/mol. The zero-order valence-corrected chi connectivity index (χ0v) is 11.9. The SMILES string of the molecule is Cc1ccccc1S(=O)(=O)Nc1cc(C(N)=O)ccc1F. The molecule has 0 aliphatic carbocycles. The summed E-state index contributed by atoms with van der Waals surface area (Å²) >= 11 is 0. The first-order valence-electron chi connectivity index (χ1n) is 5.99. The van der Waals surface area contributed by atoms with E-state index in [1.54, 1.807) is 25.1 Å². The lowest BCUT2D eigenvalue weighted by Gasteiger charge is -2.11. The molecule has 0 heterocycles. The van der Waals surface area contributed by atoms with Crippen molar-refractivity contribution in [1.82, 2.24) is 0 Å². The van der Waals surface area contributed by atoms with E-state index < -0.39 is 21.7 Å². The Morgan fingerprint density at radius 1 is 1.19 bits per heavy atom. The Labute approximate surface area is 121 Å². The van der Waals surface area contributed by atoms with Gasteiger partial charge in [0.2, 0.25) is 5.91 Å². The van der Waals surface area contributed by atoms with Crippen LogP contribution in [-0.2, 0) is 10.0 Å². The van der Waals surface area contributed by atoms with Crippen molar-refractivity contribution >= 4 is 21.6 Å². The fourth-order valence-electron chi connectivity index (χ4n) is 1.81. The average Bonchev–Trinajstić information content (AvgIpc) is 2.41. The first kappa shape index (κ1) is 15.0. The van der Waals surface area contributed by atoms with Gasteiger partial charge in [-0.25, -0.2) is 12.8 Å². The molecule has 2 aromatic carbocycles. The molecule has 5 nitrogen and oxygen atoms in total. The number of benzene rings is 2. The van der Waals surface area contributed by atoms with E-state index in [4.69, 9.17) is 5.73 Å². The summed E-state index contributed by atoms with van der Waals surface area (Å²) in [6.07, 6.45) is 0. The van der Waals surface area contributed by atoms with Crippen molar-refractivity contribution < 1.29 is 17.6 Å². The second-order valence-electron chi connectivity index (χ2n) is 4.43. The van der Waals surface area contributed by atoms with Gasteiger partial charge in [-0.05, 0) is 36.8 Å². The van der Waals surface area contributed by atoms with Crippen LogP contribution in [0.4, 0.5) is 10.1 Å². The van der Waals surface area contributed by atoms with E-state index in [2.05, 4.69) is 4.72 Å². The minimum atomic E-state index is -3.95. The topological polar surface area (TPSA) is 89.3 Å². The van der Waals surface area contributed by atoms with E-state index in [0.29, 0.717) is 5.56 Å². The van der Waals surface area contributed by atoms with Gasteiger partial charge in [0.05, 0.1) is 10.6 Å². The molecular formula is C14H13FN2O3S. The zero-order chi connectivity index (χ0) is 15.6. The van der Waals surface area contributed by atoms with Crippen LogP contribution in [0, 0.1) is 12.7 Å². The van der Waals surface area contributed by atoms with Crippen molar-refractivity contribution in [2.24, 2.45) is 5.73 Å². The number of primary amides is 1. The number of halogens is 1. The molecule has 0 radical (unpaired) electrons. The highest BCUT2D eigenvalue weighted by Crippen LogP contribution is 2.22. The van der Waals surface area contributed by atoms with Crippen molar-refractivity contribution in [3.8, 4) is 0 Å². The van der Waals surface area contributed by atoms with Crippen molar-refractivity contribution in [3.63, 3.8) is 0 Å². The summed E-state index contributed by atoms with van der Waals surface area (Å²) in [5.74, 6) is -1.57. The smallest absolute Gasteiger partial charge is 0.262 e. The molecule has 0 atom stereocenters. The second kappa shape index (κ2) is 5.53. The largest absolute Gasteiger partial charge is 0.366 e. The molecule has 0 spiro atoms. The summed E-state index contributed by atoms with van der Waals surface area (Å²) in [7, 11) is -3.95. The number of rotatable bonds is 4. The molecule has 0 saturated carbocycles. The van der Waals surface area contributed by atoms with Crippen LogP contribution in [0.2, 0.25) is 0 Å². The van der Waals surface area contributed by atoms with Gasteiger partial charge in [0.1, 0.15) is 5.82 Å². The van der Waals surface area contributed by atoms with Gasteiger partial charge in [-0.1, -0.05) is 18.2 Å². The number of carbonyl (C=O) groups excluding carboxylic acids is 1. The fraction of sp³-hybridized carbons (Fsp3) is 0.0714. The maximum Gasteiger partial charge on any atom is 0.262 e. The number of nitrogens with one attached hydrogen (secondary N) is 1. The van der Waals surface area contributed by atoms with Crippen molar-refractivity contribution in [3.05, 3.63) is 59.4 Å². The van der Waals surface area contributed by atoms with Gasteiger partial charge in [0.25, 0.3) is 10.0 Å². The molecule has 2 aromatic rings. The summed E-state index contributed by atoms with van der Waals surface area (Å²) in [6, 6.07) is 9.53. The summed E-state index contributed by atoms with van der Waals surface area (Å²) < 4.78 is 40.4. The lowest BCUT2D eigenvalue weighted by molar-refractivity contribution is 0.100. The van der Waals surface area contributed by atoms with Crippen LogP contribution in [0.15, 0.2) is 47.4 Å². The molecule has 0 aromatic heterocycles. The normalized spacial score (nSPS) is 11.1. The predicted octanol–water partition coefficient (Wildman–Crippen LogP) is 2.03. The van der Waals surface area contributed by atoms with Gasteiger partial charge in [-0.3, -0.25) is 9.52 Å². The number of anilines is 1. The molecular weight excluding hydrogens is 295 g/mol. The lowest BCUT2D eigenvalue weighted by Crippen LogP contribution is -2.17. The van der Waals surface area contributed by atoms with Crippen LogP contribution in [0.5, 0.6) is 0 Å². The van der Waals surface area contributed by atoms with Crippen LogP contribution < -0.4 is 10.5 Å². The van der Waals surface area contributed by atoms with E-state index in [0.717, 1.165) is 12.1 Å². The first-order chi connectivity index (χ1) is 9.81. The fourth-order valence-corrected chi connectivity index (χ4v) is 3.12. The van der Waals surface area contributed by atoms with Crippen LogP contribution in [0.3, 0.4) is 0 Å². The van der Waals surface area contributed by atoms with Crippen LogP contribution >= 0.6 is 0 Å². The van der Waals surface area contributed by atoms with Crippen LogP contribution in [-0.4, -0.2) is 14.3 Å². The van der Waals surface area contributed by atoms with Gasteiger partial charge in [-0.2, -0.15) is 0 Å². The van der Waals surface area contributed by atoms with Gasteiger partial charge >= 0.3 is 0 Å². The van der Waals surface area contributed by atoms with Gasteiger partial charge in [-0.15, -0.1) is 0 Å². The molecule has 0 unspecified atom stereocenters. The standard InChI is InChI=1S/C14H13FN2O3S/c1-9-4-2-3-5-13(9)21(19,20)17-12-8-10(14(16)18)6-7-11(12)15/h2-8,17H,1H3,(H2,16,18). The molecule has 0 fully saturated rings. The maximum absolute atomic E-state index is 13.7. The van der Waals surface area contributed by atoms with Gasteiger partial charge in [0.15, 0.2) is 0 Å². The Bertz CT molecular complexity index is 804. The molecule has 0 saturated heterocycles. The van der Waals surface area contributed by atoms with Gasteiger partial charge in [0, 0.05) is 5.56 Å². The van der Waals surface area contributed by atoms with E-state index in [1.807, 2.05) is 0 Å². The van der Waals surface area contributed by atoms with Crippen LogP contribution in [0.25, 0.3) is 0 Å². The van der Waals surface area contributed by atoms with E-state index >= 15 is 0 Å². The quantitative estimate of drug-likeness (QED) is 0.905. The number of carbonyl (C=O) groups is 1. The number of nitrogens with two attached hydrogens (primary N) is 1. The molecule has 3 N–H and O–H groups in total. The number of aryl methyl sites for hydroxylation is 1. The molecule has 0 aliphatic rings. The third-order valence-corrected chi connectivity index (χ3v) is 4.40. The molecule has 2 rings (SSSR count). The van der Waals surface area contributed by atoms with Crippen LogP contribution in [0.1, 0.15) is 15.9 Å². The maximum atomic E-state index is 13.7. The summed E-state index contributed by atoms with van der Waals surface area (Å²) in [6.45, 7) is 1.63. The Morgan fingerprint density at radius 2 is 1.86 bits per heavy atom. The molecule has 7 heteroatoms. The molecule has 110 valence electrons.